The van der Waals surface area contributed by atoms with Crippen LogP contribution in [0.3, 0.4) is 0 Å². The zero-order valence-electron chi connectivity index (χ0n) is 8.76. The molecule has 74 valence electrons. The summed E-state index contributed by atoms with van der Waals surface area (Å²) in [5.74, 6) is 0.794. The van der Waals surface area contributed by atoms with Crippen molar-refractivity contribution in [1.82, 2.24) is 5.32 Å². The van der Waals surface area contributed by atoms with Crippen LogP contribution in [0.1, 0.15) is 23.8 Å². The Hall–Kier alpha value is -0.340. The number of nitrogens with one attached hydrogen (secondary N) is 1. The van der Waals surface area contributed by atoms with E-state index in [9.17, 15) is 0 Å². The van der Waals surface area contributed by atoms with E-state index in [1.807, 2.05) is 18.4 Å². The SMILES string of the molecule is CCC(CNC)Cc1sccc1C. The van der Waals surface area contributed by atoms with Gasteiger partial charge in [-0.25, -0.2) is 0 Å². The maximum absolute atomic E-state index is 3.26. The molecule has 1 unspecified atom stereocenters. The van der Waals surface area contributed by atoms with Gasteiger partial charge in [-0.05, 0) is 49.9 Å². The number of aryl methyl sites for hydroxylation is 1. The van der Waals surface area contributed by atoms with Gasteiger partial charge >= 0.3 is 0 Å². The molecule has 2 heteroatoms. The average Bonchev–Trinajstić information content (AvgIpc) is 2.51. The van der Waals surface area contributed by atoms with Crippen LogP contribution in [0.5, 0.6) is 0 Å². The van der Waals surface area contributed by atoms with Crippen molar-refractivity contribution in [1.29, 1.82) is 0 Å². The highest BCUT2D eigenvalue weighted by atomic mass is 32.1. The molecule has 0 aromatic carbocycles. The van der Waals surface area contributed by atoms with E-state index >= 15 is 0 Å². The van der Waals surface area contributed by atoms with Crippen molar-refractivity contribution < 1.29 is 0 Å². The highest BCUT2D eigenvalue weighted by Crippen LogP contribution is 2.20. The van der Waals surface area contributed by atoms with E-state index < -0.39 is 0 Å². The minimum atomic E-state index is 0.794. The smallest absolute Gasteiger partial charge is 0.00776 e. The van der Waals surface area contributed by atoms with Crippen LogP contribution in [-0.2, 0) is 6.42 Å². The molecule has 1 atom stereocenters. The van der Waals surface area contributed by atoms with Crippen LogP contribution in [0, 0.1) is 12.8 Å². The van der Waals surface area contributed by atoms with Crippen LogP contribution in [0.4, 0.5) is 0 Å². The zero-order chi connectivity index (χ0) is 9.68. The zero-order valence-corrected chi connectivity index (χ0v) is 9.58. The minimum absolute atomic E-state index is 0.794. The maximum atomic E-state index is 3.26. The third-order valence-corrected chi connectivity index (χ3v) is 3.56. The molecule has 0 amide bonds. The molecular weight excluding hydrogens is 178 g/mol. The standard InChI is InChI=1S/C11H19NS/c1-4-10(8-12-3)7-11-9(2)5-6-13-11/h5-6,10,12H,4,7-8H2,1-3H3. The number of rotatable bonds is 5. The summed E-state index contributed by atoms with van der Waals surface area (Å²) in [6.45, 7) is 5.61. The Morgan fingerprint density at radius 1 is 1.54 bits per heavy atom. The second kappa shape index (κ2) is 5.40. The van der Waals surface area contributed by atoms with Gasteiger partial charge in [-0.2, -0.15) is 0 Å². The van der Waals surface area contributed by atoms with Gasteiger partial charge in [0, 0.05) is 4.88 Å². The van der Waals surface area contributed by atoms with E-state index in [0.29, 0.717) is 0 Å². The Morgan fingerprint density at radius 3 is 2.77 bits per heavy atom. The van der Waals surface area contributed by atoms with Gasteiger partial charge in [0.2, 0.25) is 0 Å². The minimum Gasteiger partial charge on any atom is -0.319 e. The lowest BCUT2D eigenvalue weighted by Gasteiger charge is -2.13. The molecule has 1 aromatic rings. The van der Waals surface area contributed by atoms with Crippen molar-refractivity contribution in [3.05, 3.63) is 21.9 Å². The first-order chi connectivity index (χ1) is 6.27. The topological polar surface area (TPSA) is 12.0 Å². The van der Waals surface area contributed by atoms with Crippen molar-refractivity contribution in [3.8, 4) is 0 Å². The normalized spacial score (nSPS) is 13.2. The van der Waals surface area contributed by atoms with Crippen LogP contribution < -0.4 is 5.32 Å². The second-order valence-corrected chi connectivity index (χ2v) is 4.56. The predicted octanol–water partition coefficient (Wildman–Crippen LogP) is 2.84. The van der Waals surface area contributed by atoms with Gasteiger partial charge < -0.3 is 5.32 Å². The van der Waals surface area contributed by atoms with E-state index in [1.54, 1.807) is 4.88 Å². The van der Waals surface area contributed by atoms with E-state index in [-0.39, 0.29) is 0 Å². The Bertz CT molecular complexity index is 242. The Labute approximate surface area is 85.2 Å². The molecular formula is C11H19NS. The molecule has 0 radical (unpaired) electrons. The Morgan fingerprint density at radius 2 is 2.31 bits per heavy atom. The second-order valence-electron chi connectivity index (χ2n) is 3.56. The largest absolute Gasteiger partial charge is 0.319 e. The van der Waals surface area contributed by atoms with E-state index in [4.69, 9.17) is 0 Å². The number of hydrogen-bond donors (Lipinski definition) is 1. The fourth-order valence-corrected chi connectivity index (χ4v) is 2.55. The molecule has 0 aliphatic carbocycles. The van der Waals surface area contributed by atoms with Crippen molar-refractivity contribution in [2.24, 2.45) is 5.92 Å². The number of thiophene rings is 1. The lowest BCUT2D eigenvalue weighted by molar-refractivity contribution is 0.483. The third-order valence-electron chi connectivity index (χ3n) is 2.51. The summed E-state index contributed by atoms with van der Waals surface area (Å²) in [6, 6.07) is 2.21. The molecule has 1 rings (SSSR count). The molecule has 1 aromatic heterocycles. The third kappa shape index (κ3) is 3.12. The van der Waals surface area contributed by atoms with Crippen LogP contribution in [0.25, 0.3) is 0 Å². The molecule has 0 fully saturated rings. The molecule has 0 bridgehead atoms. The highest BCUT2D eigenvalue weighted by molar-refractivity contribution is 7.10. The summed E-state index contributed by atoms with van der Waals surface area (Å²) in [4.78, 5) is 1.56. The summed E-state index contributed by atoms with van der Waals surface area (Å²) >= 11 is 1.89. The van der Waals surface area contributed by atoms with Crippen molar-refractivity contribution >= 4 is 11.3 Å². The molecule has 0 saturated heterocycles. The van der Waals surface area contributed by atoms with Crippen LogP contribution in [0.15, 0.2) is 11.4 Å². The van der Waals surface area contributed by atoms with E-state index in [0.717, 1.165) is 12.5 Å². The monoisotopic (exact) mass is 197 g/mol. The molecule has 0 saturated carbocycles. The molecule has 1 N–H and O–H groups in total. The number of hydrogen-bond acceptors (Lipinski definition) is 2. The van der Waals surface area contributed by atoms with Crippen molar-refractivity contribution in [2.45, 2.75) is 26.7 Å². The van der Waals surface area contributed by atoms with Crippen molar-refractivity contribution in [3.63, 3.8) is 0 Å². The van der Waals surface area contributed by atoms with Crippen LogP contribution >= 0.6 is 11.3 Å². The molecule has 1 nitrogen and oxygen atoms in total. The Balaban J connectivity index is 2.51. The van der Waals surface area contributed by atoms with Crippen LogP contribution in [-0.4, -0.2) is 13.6 Å². The van der Waals surface area contributed by atoms with E-state index in [2.05, 4.69) is 30.6 Å². The van der Waals surface area contributed by atoms with Gasteiger partial charge in [0.05, 0.1) is 0 Å². The van der Waals surface area contributed by atoms with Crippen molar-refractivity contribution in [2.75, 3.05) is 13.6 Å². The van der Waals surface area contributed by atoms with Gasteiger partial charge in [-0.3, -0.25) is 0 Å². The van der Waals surface area contributed by atoms with Gasteiger partial charge in [0.25, 0.3) is 0 Å². The van der Waals surface area contributed by atoms with Gasteiger partial charge in [-0.15, -0.1) is 11.3 Å². The summed E-state index contributed by atoms with van der Waals surface area (Å²) < 4.78 is 0. The van der Waals surface area contributed by atoms with Gasteiger partial charge in [0.15, 0.2) is 0 Å². The molecule has 13 heavy (non-hydrogen) atoms. The molecule has 0 aliphatic rings. The lowest BCUT2D eigenvalue weighted by atomic mass is 10.0. The van der Waals surface area contributed by atoms with Crippen LogP contribution in [0.2, 0.25) is 0 Å². The first-order valence-corrected chi connectivity index (χ1v) is 5.83. The quantitative estimate of drug-likeness (QED) is 0.765. The fraction of sp³-hybridized carbons (Fsp3) is 0.636. The highest BCUT2D eigenvalue weighted by Gasteiger charge is 2.08. The average molecular weight is 197 g/mol. The first-order valence-electron chi connectivity index (χ1n) is 4.95. The summed E-state index contributed by atoms with van der Waals surface area (Å²) in [5.41, 5.74) is 1.46. The maximum Gasteiger partial charge on any atom is 0.00776 e. The molecule has 1 heterocycles. The summed E-state index contributed by atoms with van der Waals surface area (Å²) in [5, 5.41) is 5.45. The van der Waals surface area contributed by atoms with Gasteiger partial charge in [0.1, 0.15) is 0 Å². The van der Waals surface area contributed by atoms with Gasteiger partial charge in [-0.1, -0.05) is 13.3 Å². The molecule has 0 aliphatic heterocycles. The first kappa shape index (κ1) is 10.7. The fourth-order valence-electron chi connectivity index (χ4n) is 1.52. The van der Waals surface area contributed by atoms with E-state index in [1.165, 1.54) is 18.4 Å². The summed E-state index contributed by atoms with van der Waals surface area (Å²) in [7, 11) is 2.03. The summed E-state index contributed by atoms with van der Waals surface area (Å²) in [6.07, 6.45) is 2.50. The predicted molar refractivity (Wildman–Crippen MR) is 60.5 cm³/mol. The lowest BCUT2D eigenvalue weighted by Crippen LogP contribution is -2.19. The Kier molecular flexibility index (Phi) is 4.46. The molecule has 0 spiro atoms.